The first-order valence-corrected chi connectivity index (χ1v) is 10.7. The molecule has 0 atom stereocenters. The maximum Gasteiger partial charge on any atom is 0.222 e. The SMILES string of the molecule is Cc1cccc(-c2n[nH]c(=S)n2CCC(=O)NCCCN2CCCCCC2=O)c1. The van der Waals surface area contributed by atoms with Crippen molar-refractivity contribution in [3.8, 4) is 11.4 Å². The van der Waals surface area contributed by atoms with Crippen LogP contribution < -0.4 is 5.32 Å². The summed E-state index contributed by atoms with van der Waals surface area (Å²) < 4.78 is 2.37. The minimum Gasteiger partial charge on any atom is -0.356 e. The Morgan fingerprint density at radius 3 is 2.97 bits per heavy atom. The number of aryl methyl sites for hydroxylation is 1. The fraction of sp³-hybridized carbons (Fsp3) is 0.524. The van der Waals surface area contributed by atoms with Gasteiger partial charge >= 0.3 is 0 Å². The molecule has 1 saturated heterocycles. The van der Waals surface area contributed by atoms with Crippen LogP contribution >= 0.6 is 12.2 Å². The van der Waals surface area contributed by atoms with E-state index in [4.69, 9.17) is 12.2 Å². The fourth-order valence-corrected chi connectivity index (χ4v) is 3.83. The van der Waals surface area contributed by atoms with Crippen LogP contribution in [-0.2, 0) is 16.1 Å². The lowest BCUT2D eigenvalue weighted by Gasteiger charge is -2.20. The van der Waals surface area contributed by atoms with Gasteiger partial charge in [0.25, 0.3) is 0 Å². The average molecular weight is 416 g/mol. The predicted molar refractivity (Wildman–Crippen MR) is 115 cm³/mol. The maximum atomic E-state index is 12.3. The molecule has 1 fully saturated rings. The number of H-pyrrole nitrogens is 1. The predicted octanol–water partition coefficient (Wildman–Crippen LogP) is 3.22. The number of aromatic amines is 1. The van der Waals surface area contributed by atoms with Crippen molar-refractivity contribution in [1.82, 2.24) is 25.0 Å². The van der Waals surface area contributed by atoms with Gasteiger partial charge < -0.3 is 10.2 Å². The van der Waals surface area contributed by atoms with E-state index in [0.29, 0.717) is 37.2 Å². The molecule has 1 aliphatic heterocycles. The highest BCUT2D eigenvalue weighted by Gasteiger charge is 2.16. The zero-order valence-corrected chi connectivity index (χ0v) is 17.8. The summed E-state index contributed by atoms with van der Waals surface area (Å²) >= 11 is 5.33. The van der Waals surface area contributed by atoms with Crippen molar-refractivity contribution in [1.29, 1.82) is 0 Å². The number of hydrogen-bond donors (Lipinski definition) is 2. The van der Waals surface area contributed by atoms with Crippen LogP contribution in [0.1, 0.15) is 44.1 Å². The van der Waals surface area contributed by atoms with Gasteiger partial charge in [0, 0.05) is 44.6 Å². The van der Waals surface area contributed by atoms with Crippen LogP contribution in [0.2, 0.25) is 0 Å². The number of benzene rings is 1. The molecule has 1 aromatic carbocycles. The summed E-state index contributed by atoms with van der Waals surface area (Å²) in [5, 5.41) is 10.1. The van der Waals surface area contributed by atoms with Gasteiger partial charge in [-0.3, -0.25) is 19.3 Å². The molecule has 1 aliphatic rings. The number of nitrogens with one attached hydrogen (secondary N) is 2. The van der Waals surface area contributed by atoms with Crippen molar-refractivity contribution in [3.05, 3.63) is 34.6 Å². The smallest absolute Gasteiger partial charge is 0.222 e. The van der Waals surface area contributed by atoms with Crippen LogP contribution in [0.15, 0.2) is 24.3 Å². The molecule has 0 spiro atoms. The number of hydrogen-bond acceptors (Lipinski definition) is 4. The minimum absolute atomic E-state index is 0.0227. The van der Waals surface area contributed by atoms with E-state index >= 15 is 0 Å². The van der Waals surface area contributed by atoms with E-state index in [0.717, 1.165) is 49.2 Å². The van der Waals surface area contributed by atoms with E-state index in [-0.39, 0.29) is 11.8 Å². The number of carbonyl (C=O) groups excluding carboxylic acids is 2. The van der Waals surface area contributed by atoms with E-state index in [1.165, 1.54) is 0 Å². The van der Waals surface area contributed by atoms with Crippen molar-refractivity contribution >= 4 is 24.0 Å². The largest absolute Gasteiger partial charge is 0.356 e. The van der Waals surface area contributed by atoms with Gasteiger partial charge in [-0.15, -0.1) is 0 Å². The number of likely N-dealkylation sites (tertiary alicyclic amines) is 1. The molecule has 0 bridgehead atoms. The highest BCUT2D eigenvalue weighted by molar-refractivity contribution is 7.71. The Kier molecular flexibility index (Phi) is 7.57. The molecule has 156 valence electrons. The molecule has 1 aromatic heterocycles. The molecule has 0 unspecified atom stereocenters. The number of amides is 2. The summed E-state index contributed by atoms with van der Waals surface area (Å²) in [7, 11) is 0. The Labute approximate surface area is 176 Å². The summed E-state index contributed by atoms with van der Waals surface area (Å²) in [6, 6.07) is 8.04. The van der Waals surface area contributed by atoms with Gasteiger partial charge in [-0.1, -0.05) is 30.2 Å². The first-order valence-electron chi connectivity index (χ1n) is 10.3. The first-order chi connectivity index (χ1) is 14.0. The summed E-state index contributed by atoms with van der Waals surface area (Å²) in [5.74, 6) is 0.962. The molecule has 2 aromatic rings. The molecular formula is C21H29N5O2S. The Morgan fingerprint density at radius 2 is 2.14 bits per heavy atom. The van der Waals surface area contributed by atoms with Gasteiger partial charge in [0.2, 0.25) is 11.8 Å². The second kappa shape index (κ2) is 10.3. The van der Waals surface area contributed by atoms with Crippen molar-refractivity contribution in [2.75, 3.05) is 19.6 Å². The van der Waals surface area contributed by atoms with E-state index in [1.807, 2.05) is 40.7 Å². The maximum absolute atomic E-state index is 12.3. The van der Waals surface area contributed by atoms with Crippen molar-refractivity contribution in [2.45, 2.75) is 52.0 Å². The minimum atomic E-state index is -0.0227. The summed E-state index contributed by atoms with van der Waals surface area (Å²) in [6.45, 7) is 4.62. The van der Waals surface area contributed by atoms with Gasteiger partial charge in [-0.05, 0) is 44.5 Å². The number of aromatic nitrogens is 3. The van der Waals surface area contributed by atoms with E-state index in [9.17, 15) is 9.59 Å². The molecule has 2 amide bonds. The van der Waals surface area contributed by atoms with Crippen LogP contribution in [0.4, 0.5) is 0 Å². The van der Waals surface area contributed by atoms with Crippen molar-refractivity contribution in [3.63, 3.8) is 0 Å². The van der Waals surface area contributed by atoms with Crippen molar-refractivity contribution < 1.29 is 9.59 Å². The Hall–Kier alpha value is -2.48. The van der Waals surface area contributed by atoms with Crippen LogP contribution in [0.3, 0.4) is 0 Å². The Bertz CT molecular complexity index is 904. The molecule has 0 saturated carbocycles. The van der Waals surface area contributed by atoms with E-state index in [1.54, 1.807) is 0 Å². The highest BCUT2D eigenvalue weighted by Crippen LogP contribution is 2.18. The molecule has 7 nitrogen and oxygen atoms in total. The average Bonchev–Trinajstić information content (AvgIpc) is 2.95. The molecule has 8 heteroatoms. The number of carbonyl (C=O) groups is 2. The number of nitrogens with zero attached hydrogens (tertiary/aromatic N) is 3. The quantitative estimate of drug-likeness (QED) is 0.512. The van der Waals surface area contributed by atoms with Gasteiger partial charge in [0.15, 0.2) is 10.6 Å². The normalized spacial score (nSPS) is 14.7. The molecule has 2 heterocycles. The summed E-state index contributed by atoms with van der Waals surface area (Å²) in [4.78, 5) is 26.2. The van der Waals surface area contributed by atoms with Crippen LogP contribution in [0, 0.1) is 11.7 Å². The lowest BCUT2D eigenvalue weighted by molar-refractivity contribution is -0.130. The third kappa shape index (κ3) is 6.00. The topological polar surface area (TPSA) is 83.0 Å². The van der Waals surface area contributed by atoms with Gasteiger partial charge in [0.05, 0.1) is 0 Å². The van der Waals surface area contributed by atoms with Gasteiger partial charge in [0.1, 0.15) is 0 Å². The van der Waals surface area contributed by atoms with Gasteiger partial charge in [-0.25, -0.2) is 0 Å². The molecular weight excluding hydrogens is 386 g/mol. The monoisotopic (exact) mass is 415 g/mol. The van der Waals surface area contributed by atoms with E-state index < -0.39 is 0 Å². The lowest BCUT2D eigenvalue weighted by Crippen LogP contribution is -2.34. The first kappa shape index (κ1) is 21.2. The Balaban J connectivity index is 1.46. The van der Waals surface area contributed by atoms with Crippen LogP contribution in [-0.4, -0.2) is 51.1 Å². The third-order valence-corrected chi connectivity index (χ3v) is 5.51. The summed E-state index contributed by atoms with van der Waals surface area (Å²) in [6.07, 6.45) is 4.95. The van der Waals surface area contributed by atoms with E-state index in [2.05, 4.69) is 15.5 Å². The lowest BCUT2D eigenvalue weighted by atomic mass is 10.1. The molecule has 2 N–H and O–H groups in total. The van der Waals surface area contributed by atoms with Crippen LogP contribution in [0.5, 0.6) is 0 Å². The van der Waals surface area contributed by atoms with Crippen molar-refractivity contribution in [2.24, 2.45) is 0 Å². The second-order valence-electron chi connectivity index (χ2n) is 7.52. The Morgan fingerprint density at radius 1 is 1.28 bits per heavy atom. The highest BCUT2D eigenvalue weighted by atomic mass is 32.1. The summed E-state index contributed by atoms with van der Waals surface area (Å²) in [5.41, 5.74) is 2.11. The fourth-order valence-electron chi connectivity index (χ4n) is 3.60. The zero-order chi connectivity index (χ0) is 20.6. The molecule has 29 heavy (non-hydrogen) atoms. The number of rotatable bonds is 8. The molecule has 0 radical (unpaired) electrons. The molecule has 3 rings (SSSR count). The standard InChI is InChI=1S/C21H29N5O2S/c1-16-7-5-8-17(15-16)20-23-24-21(29)26(20)14-10-18(27)22-11-6-13-25-12-4-2-3-9-19(25)28/h5,7-8,15H,2-4,6,9-14H2,1H3,(H,22,27)(H,24,29). The third-order valence-electron chi connectivity index (χ3n) is 5.20. The second-order valence-corrected chi connectivity index (χ2v) is 7.91. The molecule has 0 aliphatic carbocycles. The van der Waals surface area contributed by atoms with Gasteiger partial charge in [-0.2, -0.15) is 5.10 Å². The zero-order valence-electron chi connectivity index (χ0n) is 16.9. The van der Waals surface area contributed by atoms with Crippen LogP contribution in [0.25, 0.3) is 11.4 Å².